The number of benzene rings is 1. The van der Waals surface area contributed by atoms with Crippen molar-refractivity contribution >= 4 is 29.6 Å². The summed E-state index contributed by atoms with van der Waals surface area (Å²) in [5.74, 6) is -0.670. The number of esters is 2. The van der Waals surface area contributed by atoms with Crippen LogP contribution in [0.4, 0.5) is 0 Å². The molecule has 1 aliphatic rings. The Morgan fingerprint density at radius 1 is 1.21 bits per heavy atom. The first-order valence-electron chi connectivity index (χ1n) is 8.87. The third-order valence-corrected chi connectivity index (χ3v) is 5.49. The fourth-order valence-corrected chi connectivity index (χ4v) is 3.93. The van der Waals surface area contributed by atoms with E-state index < -0.39 is 17.8 Å². The highest BCUT2D eigenvalue weighted by molar-refractivity contribution is 8.00. The van der Waals surface area contributed by atoms with Gasteiger partial charge in [0, 0.05) is 18.8 Å². The Bertz CT molecular complexity index is 885. The monoisotopic (exact) mass is 419 g/mol. The minimum atomic E-state index is -0.763. The van der Waals surface area contributed by atoms with E-state index >= 15 is 0 Å². The van der Waals surface area contributed by atoms with Gasteiger partial charge in [-0.15, -0.1) is 11.8 Å². The first-order chi connectivity index (χ1) is 14.0. The molecule has 0 unspecified atom stereocenters. The topological polar surface area (TPSA) is 100.0 Å². The Morgan fingerprint density at radius 3 is 2.66 bits per heavy atom. The molecular weight excluding hydrogens is 398 g/mol. The molecular formula is C19H21N3O6S. The maximum Gasteiger partial charge on any atom is 0.363 e. The molecule has 0 aliphatic carbocycles. The minimum absolute atomic E-state index is 0.0224. The summed E-state index contributed by atoms with van der Waals surface area (Å²) in [5.41, 5.74) is 0.728. The van der Waals surface area contributed by atoms with Crippen LogP contribution in [0.3, 0.4) is 0 Å². The van der Waals surface area contributed by atoms with Gasteiger partial charge in [0.15, 0.2) is 12.4 Å². The number of aromatic nitrogens is 2. The van der Waals surface area contributed by atoms with Crippen molar-refractivity contribution in [1.29, 1.82) is 0 Å². The van der Waals surface area contributed by atoms with E-state index in [2.05, 4.69) is 5.10 Å². The standard InChI is InChI=1S/C19H21N3O6S/c1-26-14-10-22(13-6-4-3-5-7-13)20-17(14)19(25)28-12-16(23)21-8-9-29-15(11-21)18(24)27-2/h3-7,10,15H,8-9,11-12H2,1-2H3/t15-/m0/s1. The third kappa shape index (κ3) is 4.89. The summed E-state index contributed by atoms with van der Waals surface area (Å²) in [6.45, 7) is 0.249. The van der Waals surface area contributed by atoms with Gasteiger partial charge >= 0.3 is 11.9 Å². The highest BCUT2D eigenvalue weighted by Gasteiger charge is 2.30. The lowest BCUT2D eigenvalue weighted by atomic mass is 10.3. The van der Waals surface area contributed by atoms with E-state index in [0.717, 1.165) is 5.69 Å². The number of nitrogens with zero attached hydrogens (tertiary/aromatic N) is 3. The molecule has 1 aromatic heterocycles. The van der Waals surface area contributed by atoms with E-state index in [1.165, 1.54) is 35.6 Å². The Labute approximate surface area is 171 Å². The summed E-state index contributed by atoms with van der Waals surface area (Å²) in [6, 6.07) is 9.22. The average Bonchev–Trinajstić information content (AvgIpc) is 3.22. The molecule has 2 aromatic rings. The van der Waals surface area contributed by atoms with Crippen LogP contribution in [-0.2, 0) is 19.1 Å². The van der Waals surface area contributed by atoms with Crippen molar-refractivity contribution in [3.8, 4) is 11.4 Å². The van der Waals surface area contributed by atoms with Crippen molar-refractivity contribution in [3.63, 3.8) is 0 Å². The summed E-state index contributed by atoms with van der Waals surface area (Å²) in [7, 11) is 2.74. The first-order valence-corrected chi connectivity index (χ1v) is 9.91. The summed E-state index contributed by atoms with van der Waals surface area (Å²) in [5, 5.41) is 3.78. The minimum Gasteiger partial charge on any atom is -0.493 e. The van der Waals surface area contributed by atoms with Crippen LogP contribution in [-0.4, -0.2) is 77.4 Å². The Balaban J connectivity index is 1.62. The fraction of sp³-hybridized carbons (Fsp3) is 0.368. The zero-order valence-corrected chi connectivity index (χ0v) is 16.9. The number of ether oxygens (including phenoxy) is 3. The lowest BCUT2D eigenvalue weighted by Crippen LogP contribution is -2.46. The predicted molar refractivity (Wildman–Crippen MR) is 105 cm³/mol. The molecule has 0 N–H and O–H groups in total. The summed E-state index contributed by atoms with van der Waals surface area (Å²) >= 11 is 1.44. The van der Waals surface area contributed by atoms with Crippen LogP contribution in [0.2, 0.25) is 0 Å². The molecule has 0 radical (unpaired) electrons. The third-order valence-electron chi connectivity index (χ3n) is 4.32. The molecule has 154 valence electrons. The maximum atomic E-state index is 12.4. The summed E-state index contributed by atoms with van der Waals surface area (Å²) in [4.78, 5) is 38.0. The maximum absolute atomic E-state index is 12.4. The van der Waals surface area contributed by atoms with Crippen molar-refractivity contribution in [2.24, 2.45) is 0 Å². The van der Waals surface area contributed by atoms with E-state index in [-0.39, 0.29) is 29.9 Å². The molecule has 1 atom stereocenters. The Kier molecular flexibility index (Phi) is 6.76. The Morgan fingerprint density at radius 2 is 1.97 bits per heavy atom. The highest BCUT2D eigenvalue weighted by Crippen LogP contribution is 2.22. The van der Waals surface area contributed by atoms with Crippen LogP contribution in [0, 0.1) is 0 Å². The molecule has 1 aromatic carbocycles. The number of para-hydroxylation sites is 1. The average molecular weight is 419 g/mol. The largest absolute Gasteiger partial charge is 0.493 e. The molecule has 10 heteroatoms. The Hall–Kier alpha value is -3.01. The van der Waals surface area contributed by atoms with Crippen molar-refractivity contribution < 1.29 is 28.6 Å². The first kappa shape index (κ1) is 20.7. The summed E-state index contributed by atoms with van der Waals surface area (Å²) < 4.78 is 16.6. The number of amides is 1. The van der Waals surface area contributed by atoms with Crippen molar-refractivity contribution in [1.82, 2.24) is 14.7 Å². The van der Waals surface area contributed by atoms with Crippen LogP contribution < -0.4 is 4.74 Å². The van der Waals surface area contributed by atoms with Gasteiger partial charge in [0.25, 0.3) is 5.91 Å². The van der Waals surface area contributed by atoms with E-state index in [4.69, 9.17) is 14.2 Å². The zero-order valence-electron chi connectivity index (χ0n) is 16.1. The molecule has 3 rings (SSSR count). The number of thioether (sulfide) groups is 1. The van der Waals surface area contributed by atoms with Gasteiger partial charge in [0.2, 0.25) is 5.69 Å². The lowest BCUT2D eigenvalue weighted by Gasteiger charge is -2.30. The van der Waals surface area contributed by atoms with Crippen LogP contribution in [0.5, 0.6) is 5.75 Å². The lowest BCUT2D eigenvalue weighted by molar-refractivity contribution is -0.141. The quantitative estimate of drug-likeness (QED) is 0.643. The van der Waals surface area contributed by atoms with Crippen LogP contribution in [0.25, 0.3) is 5.69 Å². The van der Waals surface area contributed by atoms with Gasteiger partial charge in [-0.05, 0) is 12.1 Å². The summed E-state index contributed by atoms with van der Waals surface area (Å²) in [6.07, 6.45) is 1.57. The number of carbonyl (C=O) groups excluding carboxylic acids is 3. The van der Waals surface area contributed by atoms with Gasteiger partial charge < -0.3 is 19.1 Å². The second kappa shape index (κ2) is 9.46. The van der Waals surface area contributed by atoms with Crippen LogP contribution >= 0.6 is 11.8 Å². The zero-order chi connectivity index (χ0) is 20.8. The molecule has 29 heavy (non-hydrogen) atoms. The molecule has 0 saturated carbocycles. The molecule has 9 nitrogen and oxygen atoms in total. The molecule has 1 aliphatic heterocycles. The number of methoxy groups -OCH3 is 2. The number of hydrogen-bond acceptors (Lipinski definition) is 8. The molecule has 0 bridgehead atoms. The molecule has 1 saturated heterocycles. The van der Waals surface area contributed by atoms with Crippen molar-refractivity contribution in [2.75, 3.05) is 39.7 Å². The van der Waals surface area contributed by atoms with Crippen LogP contribution in [0.15, 0.2) is 36.5 Å². The second-order valence-electron chi connectivity index (χ2n) is 6.12. The molecule has 0 spiro atoms. The molecule has 2 heterocycles. The van der Waals surface area contributed by atoms with Crippen LogP contribution in [0.1, 0.15) is 10.5 Å². The van der Waals surface area contributed by atoms with Gasteiger partial charge in [-0.2, -0.15) is 5.10 Å². The van der Waals surface area contributed by atoms with Gasteiger partial charge in [-0.3, -0.25) is 9.59 Å². The van der Waals surface area contributed by atoms with Crippen molar-refractivity contribution in [2.45, 2.75) is 5.25 Å². The molecule has 1 amide bonds. The van der Waals surface area contributed by atoms with Gasteiger partial charge in [-0.1, -0.05) is 18.2 Å². The van der Waals surface area contributed by atoms with Gasteiger partial charge in [0.1, 0.15) is 5.25 Å². The smallest absolute Gasteiger partial charge is 0.363 e. The van der Waals surface area contributed by atoms with Crippen molar-refractivity contribution in [3.05, 3.63) is 42.2 Å². The molecule has 1 fully saturated rings. The SMILES string of the molecule is COC(=O)[C@@H]1CN(C(=O)COC(=O)c2nn(-c3ccccc3)cc2OC)CCS1. The number of hydrogen-bond donors (Lipinski definition) is 0. The van der Waals surface area contributed by atoms with Gasteiger partial charge in [0.05, 0.1) is 26.1 Å². The number of carbonyl (C=O) groups is 3. The predicted octanol–water partition coefficient (Wildman–Crippen LogP) is 1.15. The number of rotatable bonds is 6. The normalized spacial score (nSPS) is 16.2. The van der Waals surface area contributed by atoms with E-state index in [0.29, 0.717) is 12.3 Å². The van der Waals surface area contributed by atoms with E-state index in [1.54, 1.807) is 6.20 Å². The fourth-order valence-electron chi connectivity index (χ4n) is 2.80. The van der Waals surface area contributed by atoms with E-state index in [9.17, 15) is 14.4 Å². The van der Waals surface area contributed by atoms with E-state index in [1.807, 2.05) is 30.3 Å². The second-order valence-corrected chi connectivity index (χ2v) is 7.44. The van der Waals surface area contributed by atoms with Gasteiger partial charge in [-0.25, -0.2) is 9.48 Å². The highest BCUT2D eigenvalue weighted by atomic mass is 32.2.